The highest BCUT2D eigenvalue weighted by atomic mass is 19.1. The largest absolute Gasteiger partial charge is 0.505 e. The molecule has 1 rings (SSSR count). The molecule has 0 amide bonds. The van der Waals surface area contributed by atoms with E-state index < -0.39 is 5.82 Å². The van der Waals surface area contributed by atoms with Gasteiger partial charge in [-0.3, -0.25) is 0 Å². The molecule has 0 saturated carbocycles. The SMILES string of the molecule is CC(NCc1ccc(O)c(F)c1)C(C)(C)C. The molecule has 0 saturated heterocycles. The lowest BCUT2D eigenvalue weighted by Gasteiger charge is -2.28. The van der Waals surface area contributed by atoms with Crippen molar-refractivity contribution in [2.45, 2.75) is 40.3 Å². The second-order valence-corrected chi connectivity index (χ2v) is 5.25. The van der Waals surface area contributed by atoms with Crippen LogP contribution in [0.2, 0.25) is 0 Å². The molecule has 90 valence electrons. The Balaban J connectivity index is 2.58. The van der Waals surface area contributed by atoms with Crippen LogP contribution in [0.5, 0.6) is 5.75 Å². The van der Waals surface area contributed by atoms with Gasteiger partial charge < -0.3 is 10.4 Å². The van der Waals surface area contributed by atoms with Crippen LogP contribution in [0, 0.1) is 11.2 Å². The first-order valence-corrected chi connectivity index (χ1v) is 5.51. The highest BCUT2D eigenvalue weighted by molar-refractivity contribution is 5.27. The van der Waals surface area contributed by atoms with E-state index in [9.17, 15) is 4.39 Å². The number of hydrogen-bond acceptors (Lipinski definition) is 2. The Hall–Kier alpha value is -1.09. The molecule has 0 fully saturated rings. The molecule has 1 unspecified atom stereocenters. The Labute approximate surface area is 96.5 Å². The van der Waals surface area contributed by atoms with E-state index in [0.717, 1.165) is 5.56 Å². The lowest BCUT2D eigenvalue weighted by Crippen LogP contribution is -2.37. The van der Waals surface area contributed by atoms with E-state index in [1.54, 1.807) is 6.07 Å². The number of rotatable bonds is 3. The van der Waals surface area contributed by atoms with Gasteiger partial charge >= 0.3 is 0 Å². The lowest BCUT2D eigenvalue weighted by atomic mass is 9.88. The minimum absolute atomic E-state index is 0.176. The first-order chi connectivity index (χ1) is 7.30. The molecule has 0 aromatic heterocycles. The normalized spacial score (nSPS) is 13.8. The predicted molar refractivity (Wildman–Crippen MR) is 63.8 cm³/mol. The molecule has 0 aliphatic rings. The van der Waals surface area contributed by atoms with Crippen LogP contribution in [0.15, 0.2) is 18.2 Å². The third-order valence-corrected chi connectivity index (χ3v) is 2.92. The van der Waals surface area contributed by atoms with E-state index >= 15 is 0 Å². The van der Waals surface area contributed by atoms with Gasteiger partial charge in [0.05, 0.1) is 0 Å². The van der Waals surface area contributed by atoms with Crippen molar-refractivity contribution in [2.75, 3.05) is 0 Å². The molecule has 16 heavy (non-hydrogen) atoms. The van der Waals surface area contributed by atoms with E-state index in [1.165, 1.54) is 12.1 Å². The number of aromatic hydroxyl groups is 1. The van der Waals surface area contributed by atoms with E-state index in [1.807, 2.05) is 0 Å². The minimum atomic E-state index is -0.567. The van der Waals surface area contributed by atoms with Gasteiger partial charge in [-0.1, -0.05) is 26.8 Å². The molecule has 1 aromatic rings. The Kier molecular flexibility index (Phi) is 3.92. The first-order valence-electron chi connectivity index (χ1n) is 5.51. The smallest absolute Gasteiger partial charge is 0.165 e. The van der Waals surface area contributed by atoms with Gasteiger partial charge in [0.25, 0.3) is 0 Å². The quantitative estimate of drug-likeness (QED) is 0.828. The maximum atomic E-state index is 13.1. The highest BCUT2D eigenvalue weighted by Gasteiger charge is 2.19. The number of phenolic OH excluding ortho intramolecular Hbond substituents is 1. The van der Waals surface area contributed by atoms with Gasteiger partial charge in [-0.2, -0.15) is 0 Å². The highest BCUT2D eigenvalue weighted by Crippen LogP contribution is 2.20. The van der Waals surface area contributed by atoms with Crippen molar-refractivity contribution in [3.8, 4) is 5.75 Å². The lowest BCUT2D eigenvalue weighted by molar-refractivity contribution is 0.285. The minimum Gasteiger partial charge on any atom is -0.505 e. The Morgan fingerprint density at radius 1 is 1.38 bits per heavy atom. The second-order valence-electron chi connectivity index (χ2n) is 5.25. The van der Waals surface area contributed by atoms with Crippen molar-refractivity contribution in [2.24, 2.45) is 5.41 Å². The predicted octanol–water partition coefficient (Wildman–Crippen LogP) is 3.06. The van der Waals surface area contributed by atoms with Crippen LogP contribution in [-0.2, 0) is 6.54 Å². The van der Waals surface area contributed by atoms with Gasteiger partial charge in [0.1, 0.15) is 0 Å². The van der Waals surface area contributed by atoms with Crippen LogP contribution in [0.4, 0.5) is 4.39 Å². The van der Waals surface area contributed by atoms with Crippen molar-refractivity contribution in [3.05, 3.63) is 29.6 Å². The average Bonchev–Trinajstić information content (AvgIpc) is 2.18. The summed E-state index contributed by atoms with van der Waals surface area (Å²) < 4.78 is 13.1. The van der Waals surface area contributed by atoms with Crippen LogP contribution in [0.25, 0.3) is 0 Å². The molecular formula is C13H20FNO. The Morgan fingerprint density at radius 3 is 2.50 bits per heavy atom. The Morgan fingerprint density at radius 2 is 2.00 bits per heavy atom. The van der Waals surface area contributed by atoms with Crippen molar-refractivity contribution < 1.29 is 9.50 Å². The number of benzene rings is 1. The summed E-state index contributed by atoms with van der Waals surface area (Å²) in [5.41, 5.74) is 1.02. The topological polar surface area (TPSA) is 32.3 Å². The summed E-state index contributed by atoms with van der Waals surface area (Å²) in [5.74, 6) is -0.865. The zero-order valence-corrected chi connectivity index (χ0v) is 10.3. The van der Waals surface area contributed by atoms with Crippen LogP contribution in [0.1, 0.15) is 33.3 Å². The van der Waals surface area contributed by atoms with Crippen molar-refractivity contribution >= 4 is 0 Å². The molecule has 0 aliphatic carbocycles. The molecule has 0 bridgehead atoms. The van der Waals surface area contributed by atoms with Crippen LogP contribution < -0.4 is 5.32 Å². The molecule has 1 atom stereocenters. The summed E-state index contributed by atoms with van der Waals surface area (Å²) in [5, 5.41) is 12.4. The van der Waals surface area contributed by atoms with Crippen LogP contribution in [-0.4, -0.2) is 11.1 Å². The maximum absolute atomic E-state index is 13.1. The van der Waals surface area contributed by atoms with Gasteiger partial charge in [0, 0.05) is 12.6 Å². The number of halogens is 1. The van der Waals surface area contributed by atoms with E-state index in [-0.39, 0.29) is 11.2 Å². The summed E-state index contributed by atoms with van der Waals surface area (Å²) in [6, 6.07) is 4.80. The molecule has 0 radical (unpaired) electrons. The maximum Gasteiger partial charge on any atom is 0.165 e. The van der Waals surface area contributed by atoms with E-state index in [2.05, 4.69) is 33.0 Å². The molecule has 0 spiro atoms. The van der Waals surface area contributed by atoms with E-state index in [0.29, 0.717) is 12.6 Å². The summed E-state index contributed by atoms with van der Waals surface area (Å²) in [6.07, 6.45) is 0. The third-order valence-electron chi connectivity index (χ3n) is 2.92. The van der Waals surface area contributed by atoms with Gasteiger partial charge in [-0.05, 0) is 30.0 Å². The molecule has 2 N–H and O–H groups in total. The van der Waals surface area contributed by atoms with Gasteiger partial charge in [-0.25, -0.2) is 4.39 Å². The number of phenols is 1. The molecule has 0 aliphatic heterocycles. The van der Waals surface area contributed by atoms with Crippen molar-refractivity contribution in [1.29, 1.82) is 0 Å². The summed E-state index contributed by atoms with van der Waals surface area (Å²) in [4.78, 5) is 0. The standard InChI is InChI=1S/C13H20FNO/c1-9(13(2,3)4)15-8-10-5-6-12(16)11(14)7-10/h5-7,9,15-16H,8H2,1-4H3. The third kappa shape index (κ3) is 3.49. The fraction of sp³-hybridized carbons (Fsp3) is 0.538. The monoisotopic (exact) mass is 225 g/mol. The van der Waals surface area contributed by atoms with Gasteiger partial charge in [-0.15, -0.1) is 0 Å². The fourth-order valence-electron chi connectivity index (χ4n) is 1.24. The molecule has 0 heterocycles. The molecular weight excluding hydrogens is 205 g/mol. The average molecular weight is 225 g/mol. The summed E-state index contributed by atoms with van der Waals surface area (Å²) in [7, 11) is 0. The summed E-state index contributed by atoms with van der Waals surface area (Å²) >= 11 is 0. The fourth-order valence-corrected chi connectivity index (χ4v) is 1.24. The second kappa shape index (κ2) is 4.83. The first kappa shape index (κ1) is 13.0. The number of hydrogen-bond donors (Lipinski definition) is 2. The van der Waals surface area contributed by atoms with E-state index in [4.69, 9.17) is 5.11 Å². The van der Waals surface area contributed by atoms with Crippen LogP contribution in [0.3, 0.4) is 0 Å². The zero-order valence-electron chi connectivity index (χ0n) is 10.3. The van der Waals surface area contributed by atoms with Crippen molar-refractivity contribution in [1.82, 2.24) is 5.32 Å². The van der Waals surface area contributed by atoms with Gasteiger partial charge in [0.2, 0.25) is 0 Å². The zero-order chi connectivity index (χ0) is 12.3. The Bertz CT molecular complexity index is 357. The number of nitrogens with one attached hydrogen (secondary N) is 1. The molecule has 2 nitrogen and oxygen atoms in total. The molecule has 1 aromatic carbocycles. The summed E-state index contributed by atoms with van der Waals surface area (Å²) in [6.45, 7) is 9.18. The van der Waals surface area contributed by atoms with Crippen LogP contribution >= 0.6 is 0 Å². The molecule has 3 heteroatoms. The van der Waals surface area contributed by atoms with Crippen molar-refractivity contribution in [3.63, 3.8) is 0 Å². The van der Waals surface area contributed by atoms with Gasteiger partial charge in [0.15, 0.2) is 11.6 Å².